The molecule has 0 spiro atoms. The van der Waals surface area contributed by atoms with E-state index in [0.717, 1.165) is 45.7 Å². The van der Waals surface area contributed by atoms with E-state index in [1.807, 2.05) is 13.8 Å². The summed E-state index contributed by atoms with van der Waals surface area (Å²) in [5.41, 5.74) is -0.363. The summed E-state index contributed by atoms with van der Waals surface area (Å²) in [4.78, 5) is 4.80. The second kappa shape index (κ2) is 6.19. The molecule has 1 heterocycles. The van der Waals surface area contributed by atoms with Crippen molar-refractivity contribution in [1.29, 1.82) is 5.26 Å². The van der Waals surface area contributed by atoms with Crippen LogP contribution in [0.3, 0.4) is 0 Å². The van der Waals surface area contributed by atoms with Gasteiger partial charge in [0.15, 0.2) is 0 Å². The van der Waals surface area contributed by atoms with Gasteiger partial charge in [0.2, 0.25) is 0 Å². The lowest BCUT2D eigenvalue weighted by Crippen LogP contribution is -2.48. The molecule has 1 rings (SSSR count). The predicted octanol–water partition coefficient (Wildman–Crippen LogP) is 0.516. The summed E-state index contributed by atoms with van der Waals surface area (Å²) in [6.45, 7) is 10.5. The van der Waals surface area contributed by atoms with Crippen LogP contribution in [-0.2, 0) is 0 Å². The van der Waals surface area contributed by atoms with Gasteiger partial charge in [-0.15, -0.1) is 0 Å². The summed E-state index contributed by atoms with van der Waals surface area (Å²) in [6.07, 6.45) is 0.904. The van der Waals surface area contributed by atoms with Crippen LogP contribution in [0.25, 0.3) is 0 Å². The van der Waals surface area contributed by atoms with Gasteiger partial charge in [0.25, 0.3) is 0 Å². The highest BCUT2D eigenvalue weighted by molar-refractivity contribution is 5.03. The van der Waals surface area contributed by atoms with Crippen LogP contribution < -0.4 is 5.32 Å². The normalized spacial score (nSPS) is 22.6. The third-order valence-corrected chi connectivity index (χ3v) is 3.34. The van der Waals surface area contributed by atoms with Gasteiger partial charge in [0, 0.05) is 32.7 Å². The molecule has 0 bridgehead atoms. The molecular weight excluding hydrogens is 200 g/mol. The Morgan fingerprint density at radius 3 is 2.44 bits per heavy atom. The van der Waals surface area contributed by atoms with E-state index in [4.69, 9.17) is 5.26 Å². The molecule has 92 valence electrons. The first-order chi connectivity index (χ1) is 7.59. The fourth-order valence-corrected chi connectivity index (χ4v) is 2.03. The van der Waals surface area contributed by atoms with Gasteiger partial charge in [-0.05, 0) is 26.9 Å². The van der Waals surface area contributed by atoms with Crippen molar-refractivity contribution >= 4 is 0 Å². The minimum Gasteiger partial charge on any atom is -0.304 e. The zero-order valence-corrected chi connectivity index (χ0v) is 10.8. The molecule has 1 fully saturated rings. The van der Waals surface area contributed by atoms with Crippen LogP contribution in [0.1, 0.15) is 20.3 Å². The summed E-state index contributed by atoms with van der Waals surface area (Å²) in [7, 11) is 2.16. The van der Waals surface area contributed by atoms with Crippen LogP contribution >= 0.6 is 0 Å². The van der Waals surface area contributed by atoms with E-state index < -0.39 is 0 Å². The van der Waals surface area contributed by atoms with Crippen LogP contribution in [0.2, 0.25) is 0 Å². The zero-order valence-electron chi connectivity index (χ0n) is 10.8. The first-order valence-corrected chi connectivity index (χ1v) is 6.17. The largest absolute Gasteiger partial charge is 0.304 e. The minimum absolute atomic E-state index is 0.363. The molecule has 4 heteroatoms. The molecule has 0 saturated carbocycles. The van der Waals surface area contributed by atoms with E-state index in [0.29, 0.717) is 0 Å². The number of nitriles is 1. The molecule has 0 aliphatic carbocycles. The number of hydrogen-bond donors (Lipinski definition) is 1. The van der Waals surface area contributed by atoms with Gasteiger partial charge in [-0.2, -0.15) is 5.26 Å². The lowest BCUT2D eigenvalue weighted by Gasteiger charge is -2.34. The Labute approximate surface area is 99.2 Å². The number of hydrogen-bond acceptors (Lipinski definition) is 4. The fourth-order valence-electron chi connectivity index (χ4n) is 2.03. The lowest BCUT2D eigenvalue weighted by atomic mass is 9.99. The predicted molar refractivity (Wildman–Crippen MR) is 66.2 cm³/mol. The van der Waals surface area contributed by atoms with Gasteiger partial charge in [0.1, 0.15) is 5.54 Å². The number of piperazine rings is 1. The Bertz CT molecular complexity index is 240. The highest BCUT2D eigenvalue weighted by atomic mass is 15.2. The number of nitrogens with zero attached hydrogens (tertiary/aromatic N) is 3. The Morgan fingerprint density at radius 2 is 1.94 bits per heavy atom. The van der Waals surface area contributed by atoms with Gasteiger partial charge < -0.3 is 9.80 Å². The number of likely N-dealkylation sites (N-methyl/N-ethyl adjacent to an activating group) is 1. The maximum Gasteiger partial charge on any atom is 0.105 e. The van der Waals surface area contributed by atoms with Crippen LogP contribution in [0.15, 0.2) is 0 Å². The SMILES string of the molecule is CCNC(C)(C#N)CCN1CCN(C)CC1. The molecule has 1 aliphatic heterocycles. The average Bonchev–Trinajstić information content (AvgIpc) is 2.29. The molecule has 0 radical (unpaired) electrons. The van der Waals surface area contributed by atoms with Crippen LogP contribution in [0.5, 0.6) is 0 Å². The van der Waals surface area contributed by atoms with E-state index >= 15 is 0 Å². The van der Waals surface area contributed by atoms with E-state index in [1.54, 1.807) is 0 Å². The van der Waals surface area contributed by atoms with Crippen LogP contribution in [-0.4, -0.2) is 61.7 Å². The van der Waals surface area contributed by atoms with Crippen molar-refractivity contribution in [3.05, 3.63) is 0 Å². The van der Waals surface area contributed by atoms with Crippen molar-refractivity contribution in [2.24, 2.45) is 0 Å². The van der Waals surface area contributed by atoms with Gasteiger partial charge in [-0.3, -0.25) is 5.32 Å². The first kappa shape index (κ1) is 13.4. The van der Waals surface area contributed by atoms with E-state index in [1.165, 1.54) is 0 Å². The van der Waals surface area contributed by atoms with Crippen molar-refractivity contribution in [3.63, 3.8) is 0 Å². The van der Waals surface area contributed by atoms with Gasteiger partial charge >= 0.3 is 0 Å². The lowest BCUT2D eigenvalue weighted by molar-refractivity contribution is 0.145. The Kier molecular flexibility index (Phi) is 5.20. The maximum atomic E-state index is 9.15. The Morgan fingerprint density at radius 1 is 1.31 bits per heavy atom. The zero-order chi connectivity index (χ0) is 12.0. The third-order valence-electron chi connectivity index (χ3n) is 3.34. The first-order valence-electron chi connectivity index (χ1n) is 6.17. The molecule has 0 aromatic heterocycles. The topological polar surface area (TPSA) is 42.3 Å². The molecule has 1 aliphatic rings. The quantitative estimate of drug-likeness (QED) is 0.739. The molecule has 1 unspecified atom stereocenters. The van der Waals surface area contributed by atoms with Crippen molar-refractivity contribution in [1.82, 2.24) is 15.1 Å². The molecule has 4 nitrogen and oxygen atoms in total. The van der Waals surface area contributed by atoms with Crippen LogP contribution in [0.4, 0.5) is 0 Å². The minimum atomic E-state index is -0.363. The average molecular weight is 224 g/mol. The molecule has 1 N–H and O–H groups in total. The van der Waals surface area contributed by atoms with Gasteiger partial charge in [-0.1, -0.05) is 6.92 Å². The van der Waals surface area contributed by atoms with Gasteiger partial charge in [-0.25, -0.2) is 0 Å². The van der Waals surface area contributed by atoms with E-state index in [-0.39, 0.29) is 5.54 Å². The summed E-state index contributed by atoms with van der Waals surface area (Å²) < 4.78 is 0. The van der Waals surface area contributed by atoms with E-state index in [9.17, 15) is 0 Å². The van der Waals surface area contributed by atoms with Crippen molar-refractivity contribution in [3.8, 4) is 6.07 Å². The molecule has 0 aromatic carbocycles. The molecule has 16 heavy (non-hydrogen) atoms. The Balaban J connectivity index is 2.30. The maximum absolute atomic E-state index is 9.15. The van der Waals surface area contributed by atoms with Crippen molar-refractivity contribution < 1.29 is 0 Å². The standard InChI is InChI=1S/C12H24N4/c1-4-14-12(2,11-13)5-6-16-9-7-15(3)8-10-16/h14H,4-10H2,1-3H3. The smallest absolute Gasteiger partial charge is 0.105 e. The highest BCUT2D eigenvalue weighted by Crippen LogP contribution is 2.10. The summed E-state index contributed by atoms with van der Waals surface area (Å²) >= 11 is 0. The van der Waals surface area contributed by atoms with Crippen molar-refractivity contribution in [2.45, 2.75) is 25.8 Å². The van der Waals surface area contributed by atoms with Crippen molar-refractivity contribution in [2.75, 3.05) is 46.3 Å². The number of nitrogens with one attached hydrogen (secondary N) is 1. The summed E-state index contributed by atoms with van der Waals surface area (Å²) in [6, 6.07) is 2.38. The molecule has 1 atom stereocenters. The second-order valence-electron chi connectivity index (χ2n) is 4.87. The summed E-state index contributed by atoms with van der Waals surface area (Å²) in [5, 5.41) is 12.4. The molecular formula is C12H24N4. The monoisotopic (exact) mass is 224 g/mol. The Hall–Kier alpha value is -0.630. The molecule has 0 amide bonds. The number of rotatable bonds is 5. The van der Waals surface area contributed by atoms with Gasteiger partial charge in [0.05, 0.1) is 6.07 Å². The molecule has 0 aromatic rings. The molecule has 1 saturated heterocycles. The second-order valence-corrected chi connectivity index (χ2v) is 4.87. The third kappa shape index (κ3) is 4.09. The summed E-state index contributed by atoms with van der Waals surface area (Å²) in [5.74, 6) is 0. The fraction of sp³-hybridized carbons (Fsp3) is 0.917. The highest BCUT2D eigenvalue weighted by Gasteiger charge is 2.24. The van der Waals surface area contributed by atoms with E-state index in [2.05, 4.69) is 28.2 Å². The van der Waals surface area contributed by atoms with Crippen LogP contribution in [0, 0.1) is 11.3 Å².